The van der Waals surface area contributed by atoms with Gasteiger partial charge in [0, 0.05) is 0 Å². The number of esters is 1. The summed E-state index contributed by atoms with van der Waals surface area (Å²) in [5.41, 5.74) is 0. The first-order valence-corrected chi connectivity index (χ1v) is 3.68. The Morgan fingerprint density at radius 1 is 1.50 bits per heavy atom. The molecule has 0 spiro atoms. The Hall–Kier alpha value is -1.27. The quantitative estimate of drug-likeness (QED) is 0.545. The summed E-state index contributed by atoms with van der Waals surface area (Å²) in [5, 5.41) is 1.76. The van der Waals surface area contributed by atoms with E-state index in [0.29, 0.717) is 0 Å². The van der Waals surface area contributed by atoms with Crippen LogP contribution in [-0.2, 0) is 14.3 Å². The normalized spacial score (nSPS) is 15.5. The van der Waals surface area contributed by atoms with Crippen molar-refractivity contribution in [1.82, 2.24) is 5.32 Å². The van der Waals surface area contributed by atoms with Gasteiger partial charge in [-0.05, 0) is 0 Å². The van der Waals surface area contributed by atoms with Gasteiger partial charge in [-0.1, -0.05) is 6.92 Å². The minimum absolute atomic E-state index is 0.0316. The summed E-state index contributed by atoms with van der Waals surface area (Å²) in [5.74, 6) is -3.11. The van der Waals surface area contributed by atoms with E-state index < -0.39 is 24.1 Å². The Kier molecular flexibility index (Phi) is 4.39. The molecule has 0 aliphatic carbocycles. The van der Waals surface area contributed by atoms with E-state index in [-0.39, 0.29) is 6.41 Å². The summed E-state index contributed by atoms with van der Waals surface area (Å²) in [7, 11) is 0.949. The molecule has 0 heterocycles. The topological polar surface area (TPSA) is 55.4 Å². The van der Waals surface area contributed by atoms with Crippen LogP contribution in [0.15, 0.2) is 0 Å². The third-order valence-electron chi connectivity index (χ3n) is 1.72. The summed E-state index contributed by atoms with van der Waals surface area (Å²) in [6.07, 6.45) is -4.53. The van der Waals surface area contributed by atoms with Gasteiger partial charge in [0.2, 0.25) is 6.41 Å². The highest BCUT2D eigenvalue weighted by atomic mass is 19.4. The summed E-state index contributed by atoms with van der Waals surface area (Å²) in [4.78, 5) is 20.8. The van der Waals surface area contributed by atoms with Crippen molar-refractivity contribution in [3.8, 4) is 0 Å². The Bertz CT molecular complexity index is 217. The minimum Gasteiger partial charge on any atom is -0.467 e. The maximum Gasteiger partial charge on any atom is 0.394 e. The van der Waals surface area contributed by atoms with Gasteiger partial charge in [0.25, 0.3) is 0 Å². The molecule has 0 radical (unpaired) electrons. The van der Waals surface area contributed by atoms with Crippen molar-refractivity contribution in [2.75, 3.05) is 7.11 Å². The lowest BCUT2D eigenvalue weighted by atomic mass is 10.0. The molecule has 0 saturated carbocycles. The van der Waals surface area contributed by atoms with Gasteiger partial charge >= 0.3 is 12.1 Å². The van der Waals surface area contributed by atoms with Gasteiger partial charge in [-0.15, -0.1) is 0 Å². The fourth-order valence-electron chi connectivity index (χ4n) is 0.806. The largest absolute Gasteiger partial charge is 0.467 e. The van der Waals surface area contributed by atoms with Gasteiger partial charge in [0.15, 0.2) is 0 Å². The van der Waals surface area contributed by atoms with Crippen LogP contribution in [0.25, 0.3) is 0 Å². The molecule has 82 valence electrons. The lowest BCUT2D eigenvalue weighted by Crippen LogP contribution is -2.47. The Morgan fingerprint density at radius 2 is 2.00 bits per heavy atom. The molecule has 2 unspecified atom stereocenters. The number of ether oxygens (including phenoxy) is 1. The number of hydrogen-bond donors (Lipinski definition) is 1. The predicted molar refractivity (Wildman–Crippen MR) is 40.2 cm³/mol. The van der Waals surface area contributed by atoms with Crippen molar-refractivity contribution < 1.29 is 27.5 Å². The second-order valence-electron chi connectivity index (χ2n) is 2.62. The van der Waals surface area contributed by atoms with Crippen molar-refractivity contribution in [3.63, 3.8) is 0 Å². The van der Waals surface area contributed by atoms with Crippen LogP contribution >= 0.6 is 0 Å². The van der Waals surface area contributed by atoms with Crippen LogP contribution in [0.5, 0.6) is 0 Å². The van der Waals surface area contributed by atoms with Crippen LogP contribution in [0.3, 0.4) is 0 Å². The van der Waals surface area contributed by atoms with Crippen LogP contribution in [0.4, 0.5) is 13.2 Å². The highest BCUT2D eigenvalue weighted by molar-refractivity contribution is 5.78. The number of carbonyl (C=O) groups is 2. The predicted octanol–water partition coefficient (Wildman–Crippen LogP) is 0.472. The molecule has 14 heavy (non-hydrogen) atoms. The molecule has 0 bridgehead atoms. The molecule has 4 nitrogen and oxygen atoms in total. The molecule has 0 aromatic heterocycles. The van der Waals surface area contributed by atoms with Crippen LogP contribution in [0.2, 0.25) is 0 Å². The number of amides is 1. The maximum atomic E-state index is 12.2. The molecule has 0 aliphatic rings. The Labute approximate surface area is 78.4 Å². The van der Waals surface area contributed by atoms with E-state index in [2.05, 4.69) is 4.74 Å². The molecule has 1 N–H and O–H groups in total. The molecule has 0 fully saturated rings. The number of nitrogens with one attached hydrogen (secondary N) is 1. The number of halogens is 3. The summed E-state index contributed by atoms with van der Waals surface area (Å²) in [6, 6.07) is -1.70. The van der Waals surface area contributed by atoms with Crippen molar-refractivity contribution >= 4 is 12.4 Å². The molecule has 0 aliphatic heterocycles. The van der Waals surface area contributed by atoms with Gasteiger partial charge in [-0.25, -0.2) is 4.79 Å². The molecular formula is C7H10F3NO3. The maximum absolute atomic E-state index is 12.2. The molecular weight excluding hydrogens is 203 g/mol. The molecule has 0 aromatic carbocycles. The van der Waals surface area contributed by atoms with Crippen LogP contribution in [0, 0.1) is 5.92 Å². The molecule has 7 heteroatoms. The van der Waals surface area contributed by atoms with Gasteiger partial charge in [-0.2, -0.15) is 13.2 Å². The highest BCUT2D eigenvalue weighted by Gasteiger charge is 2.44. The minimum atomic E-state index is -4.56. The van der Waals surface area contributed by atoms with E-state index in [1.807, 2.05) is 0 Å². The highest BCUT2D eigenvalue weighted by Crippen LogP contribution is 2.28. The number of rotatable bonds is 4. The van der Waals surface area contributed by atoms with Gasteiger partial charge in [0.05, 0.1) is 13.0 Å². The second kappa shape index (κ2) is 4.83. The van der Waals surface area contributed by atoms with E-state index >= 15 is 0 Å². The first-order valence-electron chi connectivity index (χ1n) is 3.68. The van der Waals surface area contributed by atoms with Crippen molar-refractivity contribution in [3.05, 3.63) is 0 Å². The van der Waals surface area contributed by atoms with Crippen molar-refractivity contribution in [2.24, 2.45) is 5.92 Å². The zero-order valence-corrected chi connectivity index (χ0v) is 7.59. The summed E-state index contributed by atoms with van der Waals surface area (Å²) < 4.78 is 40.6. The molecule has 0 aromatic rings. The number of carbonyl (C=O) groups excluding carboxylic acids is 2. The average molecular weight is 213 g/mol. The lowest BCUT2D eigenvalue weighted by Gasteiger charge is -2.22. The van der Waals surface area contributed by atoms with Crippen LogP contribution < -0.4 is 5.32 Å². The molecule has 2 atom stereocenters. The van der Waals surface area contributed by atoms with E-state index in [1.54, 1.807) is 5.32 Å². The third kappa shape index (κ3) is 3.23. The van der Waals surface area contributed by atoms with Gasteiger partial charge in [-0.3, -0.25) is 4.79 Å². The fourth-order valence-corrected chi connectivity index (χ4v) is 0.806. The first-order chi connectivity index (χ1) is 6.34. The van der Waals surface area contributed by atoms with E-state index in [1.165, 1.54) is 0 Å². The fraction of sp³-hybridized carbons (Fsp3) is 0.714. The number of alkyl halides is 3. The van der Waals surface area contributed by atoms with E-state index in [4.69, 9.17) is 0 Å². The summed E-state index contributed by atoms with van der Waals surface area (Å²) >= 11 is 0. The zero-order chi connectivity index (χ0) is 11.4. The van der Waals surface area contributed by atoms with Crippen molar-refractivity contribution in [2.45, 2.75) is 19.1 Å². The standard InChI is InChI=1S/C7H10F3NO3/c1-4(7(8,9)10)5(11-3-12)6(13)14-2/h3-5H,1-2H3,(H,11,12). The summed E-state index contributed by atoms with van der Waals surface area (Å²) in [6.45, 7) is 0.790. The zero-order valence-electron chi connectivity index (χ0n) is 7.59. The van der Waals surface area contributed by atoms with Crippen LogP contribution in [0.1, 0.15) is 6.92 Å². The number of hydrogen-bond acceptors (Lipinski definition) is 3. The van der Waals surface area contributed by atoms with E-state index in [0.717, 1.165) is 14.0 Å². The third-order valence-corrected chi connectivity index (χ3v) is 1.72. The molecule has 1 amide bonds. The SMILES string of the molecule is COC(=O)C(NC=O)C(C)C(F)(F)F. The smallest absolute Gasteiger partial charge is 0.394 e. The first kappa shape index (κ1) is 12.7. The lowest BCUT2D eigenvalue weighted by molar-refractivity contribution is -0.186. The van der Waals surface area contributed by atoms with Crippen molar-refractivity contribution in [1.29, 1.82) is 0 Å². The molecule has 0 saturated heterocycles. The van der Waals surface area contributed by atoms with Gasteiger partial charge < -0.3 is 10.1 Å². The monoisotopic (exact) mass is 213 g/mol. The Morgan fingerprint density at radius 3 is 2.29 bits per heavy atom. The van der Waals surface area contributed by atoms with E-state index in [9.17, 15) is 22.8 Å². The molecule has 0 rings (SSSR count). The van der Waals surface area contributed by atoms with Crippen LogP contribution in [-0.4, -0.2) is 31.7 Å². The second-order valence-corrected chi connectivity index (χ2v) is 2.62. The van der Waals surface area contributed by atoms with Gasteiger partial charge in [0.1, 0.15) is 6.04 Å². The number of methoxy groups -OCH3 is 1. The Balaban J connectivity index is 4.64. The average Bonchev–Trinajstić information content (AvgIpc) is 2.10.